The van der Waals surface area contributed by atoms with E-state index in [-0.39, 0.29) is 12.6 Å². The number of hydrogen-bond acceptors (Lipinski definition) is 4. The molecule has 0 aromatic carbocycles. The fourth-order valence-corrected chi connectivity index (χ4v) is 3.94. The highest BCUT2D eigenvalue weighted by Gasteiger charge is 2.29. The van der Waals surface area contributed by atoms with E-state index in [9.17, 15) is 8.42 Å². The Bertz CT molecular complexity index is 420. The molecule has 4 nitrogen and oxygen atoms in total. The average Bonchev–Trinajstić information content (AvgIpc) is 2.80. The van der Waals surface area contributed by atoms with Crippen LogP contribution in [0.25, 0.3) is 0 Å². The average molecular weight is 232 g/mol. The molecule has 0 saturated heterocycles. The van der Waals surface area contributed by atoms with Crippen molar-refractivity contribution < 1.29 is 8.42 Å². The van der Waals surface area contributed by atoms with Crippen molar-refractivity contribution in [2.75, 3.05) is 0 Å². The molecule has 0 amide bonds. The summed E-state index contributed by atoms with van der Waals surface area (Å²) < 4.78 is 26.5. The molecule has 0 bridgehead atoms. The van der Waals surface area contributed by atoms with Crippen molar-refractivity contribution in [3.63, 3.8) is 0 Å². The Morgan fingerprint density at radius 1 is 1.57 bits per heavy atom. The van der Waals surface area contributed by atoms with Crippen LogP contribution in [0.4, 0.5) is 0 Å². The number of rotatable bonds is 4. The van der Waals surface area contributed by atoms with Gasteiger partial charge >= 0.3 is 0 Å². The molecule has 78 valence electrons. The molecule has 1 aromatic rings. The van der Waals surface area contributed by atoms with Gasteiger partial charge in [-0.1, -0.05) is 0 Å². The first-order valence-electron chi connectivity index (χ1n) is 4.42. The lowest BCUT2D eigenvalue weighted by Crippen LogP contribution is -2.26. The molecular formula is C8H12N2O2S2. The fraction of sp³-hybridized carbons (Fsp3) is 0.500. The predicted octanol–water partition coefficient (Wildman–Crippen LogP) is 0.647. The molecule has 0 radical (unpaired) electrons. The zero-order chi connectivity index (χ0) is 10.2. The summed E-state index contributed by atoms with van der Waals surface area (Å²) in [6.07, 6.45) is 1.89. The Balaban J connectivity index is 2.27. The minimum atomic E-state index is -3.31. The molecule has 3 N–H and O–H groups in total. The van der Waals surface area contributed by atoms with E-state index in [1.165, 1.54) is 11.3 Å². The maximum atomic E-state index is 11.8. The van der Waals surface area contributed by atoms with Crippen molar-refractivity contribution in [3.05, 3.63) is 17.0 Å². The Kier molecular flexibility index (Phi) is 2.61. The second-order valence-corrected chi connectivity index (χ2v) is 6.16. The number of nitrogens with one attached hydrogen (secondary N) is 1. The Hall–Kier alpha value is -0.430. The normalized spacial score (nSPS) is 17.2. The number of sulfonamides is 1. The largest absolute Gasteiger partial charge is 0.326 e. The van der Waals surface area contributed by atoms with Gasteiger partial charge in [-0.3, -0.25) is 0 Å². The first kappa shape index (κ1) is 10.1. The lowest BCUT2D eigenvalue weighted by atomic mass is 10.3. The molecule has 14 heavy (non-hydrogen) atoms. The summed E-state index contributed by atoms with van der Waals surface area (Å²) in [5, 5.41) is 1.75. The van der Waals surface area contributed by atoms with Crippen molar-refractivity contribution in [3.8, 4) is 0 Å². The van der Waals surface area contributed by atoms with Gasteiger partial charge < -0.3 is 5.73 Å². The van der Waals surface area contributed by atoms with E-state index < -0.39 is 10.0 Å². The first-order valence-corrected chi connectivity index (χ1v) is 6.78. The fourth-order valence-electron chi connectivity index (χ4n) is 1.18. The van der Waals surface area contributed by atoms with Crippen LogP contribution in [0.2, 0.25) is 0 Å². The van der Waals surface area contributed by atoms with E-state index in [1.54, 1.807) is 11.4 Å². The van der Waals surface area contributed by atoms with Gasteiger partial charge in [0, 0.05) is 12.6 Å². The minimum absolute atomic E-state index is 0.146. The summed E-state index contributed by atoms with van der Waals surface area (Å²) in [4.78, 5) is 0. The van der Waals surface area contributed by atoms with Crippen molar-refractivity contribution in [1.29, 1.82) is 0 Å². The van der Waals surface area contributed by atoms with Crippen LogP contribution in [0, 0.1) is 0 Å². The first-order chi connectivity index (χ1) is 6.63. The Labute approximate surface area is 87.2 Å². The smallest absolute Gasteiger partial charge is 0.250 e. The summed E-state index contributed by atoms with van der Waals surface area (Å²) in [7, 11) is -3.31. The van der Waals surface area contributed by atoms with E-state index in [4.69, 9.17) is 5.73 Å². The summed E-state index contributed by atoms with van der Waals surface area (Å²) >= 11 is 1.22. The van der Waals surface area contributed by atoms with Crippen molar-refractivity contribution in [1.82, 2.24) is 4.72 Å². The van der Waals surface area contributed by atoms with Crippen molar-refractivity contribution >= 4 is 21.4 Å². The van der Waals surface area contributed by atoms with Crippen LogP contribution in [-0.2, 0) is 16.6 Å². The zero-order valence-corrected chi connectivity index (χ0v) is 9.20. The highest BCUT2D eigenvalue weighted by Crippen LogP contribution is 2.26. The molecule has 0 unspecified atom stereocenters. The van der Waals surface area contributed by atoms with Gasteiger partial charge in [0.1, 0.15) is 4.21 Å². The van der Waals surface area contributed by atoms with E-state index in [1.807, 2.05) is 0 Å². The SMILES string of the molecule is NCc1ccsc1S(=O)(=O)NC1CC1. The predicted molar refractivity (Wildman–Crippen MR) is 55.6 cm³/mol. The molecule has 0 atom stereocenters. The van der Waals surface area contributed by atoms with Gasteiger partial charge in [-0.05, 0) is 29.9 Å². The van der Waals surface area contributed by atoms with Gasteiger partial charge in [0.2, 0.25) is 0 Å². The Morgan fingerprint density at radius 2 is 2.29 bits per heavy atom. The summed E-state index contributed by atoms with van der Waals surface area (Å²) in [6.45, 7) is 0.268. The van der Waals surface area contributed by atoms with Crippen LogP contribution in [-0.4, -0.2) is 14.5 Å². The third kappa shape index (κ3) is 1.98. The highest BCUT2D eigenvalue weighted by molar-refractivity contribution is 7.91. The summed E-state index contributed by atoms with van der Waals surface area (Å²) in [5.74, 6) is 0. The minimum Gasteiger partial charge on any atom is -0.326 e. The molecule has 1 aromatic heterocycles. The monoisotopic (exact) mass is 232 g/mol. The van der Waals surface area contributed by atoms with Crippen molar-refractivity contribution in [2.45, 2.75) is 29.6 Å². The van der Waals surface area contributed by atoms with E-state index in [0.717, 1.165) is 12.8 Å². The molecule has 0 spiro atoms. The maximum absolute atomic E-state index is 11.8. The van der Waals surface area contributed by atoms with Crippen LogP contribution >= 0.6 is 11.3 Å². The lowest BCUT2D eigenvalue weighted by molar-refractivity contribution is 0.582. The van der Waals surface area contributed by atoms with Gasteiger partial charge in [0.05, 0.1) is 0 Å². The molecular weight excluding hydrogens is 220 g/mol. The van der Waals surface area contributed by atoms with Gasteiger partial charge in [-0.2, -0.15) is 0 Å². The third-order valence-electron chi connectivity index (χ3n) is 2.07. The summed E-state index contributed by atoms with van der Waals surface area (Å²) in [5.41, 5.74) is 6.15. The number of nitrogens with two attached hydrogens (primary N) is 1. The maximum Gasteiger partial charge on any atom is 0.250 e. The lowest BCUT2D eigenvalue weighted by Gasteiger charge is -2.04. The standard InChI is InChI=1S/C8H12N2O2S2/c9-5-6-3-4-13-8(6)14(11,12)10-7-1-2-7/h3-4,7,10H,1-2,5,9H2. The van der Waals surface area contributed by atoms with Crippen LogP contribution in [0.15, 0.2) is 15.7 Å². The van der Waals surface area contributed by atoms with E-state index in [2.05, 4.69) is 4.72 Å². The molecule has 1 aliphatic rings. The van der Waals surface area contributed by atoms with Gasteiger partial charge in [-0.25, -0.2) is 13.1 Å². The van der Waals surface area contributed by atoms with E-state index in [0.29, 0.717) is 9.77 Å². The highest BCUT2D eigenvalue weighted by atomic mass is 32.2. The quantitative estimate of drug-likeness (QED) is 0.800. The zero-order valence-electron chi connectivity index (χ0n) is 7.56. The van der Waals surface area contributed by atoms with Gasteiger partial charge in [0.25, 0.3) is 10.0 Å². The van der Waals surface area contributed by atoms with Crippen molar-refractivity contribution in [2.24, 2.45) is 5.73 Å². The number of thiophene rings is 1. The molecule has 1 aliphatic carbocycles. The molecule has 1 fully saturated rings. The Morgan fingerprint density at radius 3 is 2.86 bits per heavy atom. The molecule has 6 heteroatoms. The molecule has 0 aliphatic heterocycles. The van der Waals surface area contributed by atoms with Crippen LogP contribution in [0.5, 0.6) is 0 Å². The second-order valence-electron chi connectivity index (χ2n) is 3.33. The second kappa shape index (κ2) is 3.62. The van der Waals surface area contributed by atoms with E-state index >= 15 is 0 Å². The topological polar surface area (TPSA) is 72.2 Å². The van der Waals surface area contributed by atoms with Crippen LogP contribution in [0.3, 0.4) is 0 Å². The molecule has 2 rings (SSSR count). The van der Waals surface area contributed by atoms with Gasteiger partial charge in [0.15, 0.2) is 0 Å². The molecule has 1 saturated carbocycles. The van der Waals surface area contributed by atoms with Gasteiger partial charge in [-0.15, -0.1) is 11.3 Å². The van der Waals surface area contributed by atoms with Crippen LogP contribution < -0.4 is 10.5 Å². The number of hydrogen-bond donors (Lipinski definition) is 2. The third-order valence-corrected chi connectivity index (χ3v) is 5.16. The molecule has 1 heterocycles. The van der Waals surface area contributed by atoms with Crippen LogP contribution in [0.1, 0.15) is 18.4 Å². The summed E-state index contributed by atoms with van der Waals surface area (Å²) in [6, 6.07) is 1.90.